The van der Waals surface area contributed by atoms with E-state index in [0.717, 1.165) is 23.6 Å². The van der Waals surface area contributed by atoms with Crippen LogP contribution < -0.4 is 5.32 Å². The van der Waals surface area contributed by atoms with Crippen LogP contribution >= 0.6 is 11.8 Å². The van der Waals surface area contributed by atoms with E-state index >= 15 is 0 Å². The number of hydrogen-bond acceptors (Lipinski definition) is 6. The summed E-state index contributed by atoms with van der Waals surface area (Å²) in [6, 6.07) is 4.21. The summed E-state index contributed by atoms with van der Waals surface area (Å²) in [5.41, 5.74) is 0.983. The van der Waals surface area contributed by atoms with Gasteiger partial charge in [0.1, 0.15) is 0 Å². The van der Waals surface area contributed by atoms with Crippen molar-refractivity contribution >= 4 is 17.7 Å². The maximum Gasteiger partial charge on any atom is 0.234 e. The number of hydrogen-bond donors (Lipinski definition) is 1. The van der Waals surface area contributed by atoms with Gasteiger partial charge in [-0.1, -0.05) is 31.7 Å². The largest absolute Gasteiger partial charge is 0.351 e. The zero-order valence-corrected chi connectivity index (χ0v) is 14.0. The molecule has 1 saturated carbocycles. The number of rotatable bonds is 7. The van der Waals surface area contributed by atoms with Crippen molar-refractivity contribution in [3.63, 3.8) is 0 Å². The van der Waals surface area contributed by atoms with Crippen molar-refractivity contribution in [2.75, 3.05) is 0 Å². The predicted octanol–water partition coefficient (Wildman–Crippen LogP) is 1.84. The molecule has 1 atom stereocenters. The van der Waals surface area contributed by atoms with Crippen LogP contribution in [-0.4, -0.2) is 36.3 Å². The molecule has 2 aromatic rings. The first-order valence-corrected chi connectivity index (χ1v) is 8.64. The van der Waals surface area contributed by atoms with E-state index < -0.39 is 0 Å². The second kappa shape index (κ2) is 7.08. The number of nitrogens with zero attached hydrogens (tertiary/aromatic N) is 5. The molecule has 0 saturated heterocycles. The van der Waals surface area contributed by atoms with Crippen LogP contribution in [0.4, 0.5) is 0 Å². The van der Waals surface area contributed by atoms with E-state index in [4.69, 9.17) is 0 Å². The molecule has 2 heterocycles. The van der Waals surface area contributed by atoms with Gasteiger partial charge in [-0.2, -0.15) is 0 Å². The molecule has 8 heteroatoms. The van der Waals surface area contributed by atoms with Gasteiger partial charge in [0.25, 0.3) is 0 Å². The molecule has 0 unspecified atom stereocenters. The molecule has 122 valence electrons. The number of aromatic nitrogens is 5. The molecule has 1 fully saturated rings. The smallest absolute Gasteiger partial charge is 0.234 e. The molecule has 0 aromatic carbocycles. The average molecular weight is 332 g/mol. The Labute approximate surface area is 139 Å². The van der Waals surface area contributed by atoms with Crippen molar-refractivity contribution in [2.45, 2.75) is 49.7 Å². The Morgan fingerprint density at radius 3 is 2.96 bits per heavy atom. The SMILES string of the molecule is CC(C)[C@H](Sc1nnnn1C1CC1)C(=O)NCc1cccnc1. The van der Waals surface area contributed by atoms with Crippen molar-refractivity contribution in [3.05, 3.63) is 30.1 Å². The summed E-state index contributed by atoms with van der Waals surface area (Å²) in [6.45, 7) is 4.54. The summed E-state index contributed by atoms with van der Waals surface area (Å²) in [4.78, 5) is 16.6. The van der Waals surface area contributed by atoms with Crippen LogP contribution in [0.1, 0.15) is 38.3 Å². The molecule has 0 radical (unpaired) electrons. The lowest BCUT2D eigenvalue weighted by Gasteiger charge is -2.19. The number of thioether (sulfide) groups is 1. The molecule has 7 nitrogen and oxygen atoms in total. The van der Waals surface area contributed by atoms with Crippen LogP contribution in [0.2, 0.25) is 0 Å². The lowest BCUT2D eigenvalue weighted by molar-refractivity contribution is -0.121. The Bertz CT molecular complexity index is 655. The van der Waals surface area contributed by atoms with Crippen LogP contribution in [0.3, 0.4) is 0 Å². The van der Waals surface area contributed by atoms with Gasteiger partial charge in [-0.05, 0) is 40.8 Å². The summed E-state index contributed by atoms with van der Waals surface area (Å²) < 4.78 is 1.84. The second-order valence-electron chi connectivity index (χ2n) is 6.00. The van der Waals surface area contributed by atoms with Gasteiger partial charge in [0.05, 0.1) is 11.3 Å². The Morgan fingerprint density at radius 1 is 1.48 bits per heavy atom. The first-order valence-electron chi connectivity index (χ1n) is 7.76. The number of carbonyl (C=O) groups is 1. The highest BCUT2D eigenvalue weighted by molar-refractivity contribution is 8.00. The van der Waals surface area contributed by atoms with Gasteiger partial charge in [-0.25, -0.2) is 4.68 Å². The molecule has 1 aliphatic rings. The molecule has 1 N–H and O–H groups in total. The Hall–Kier alpha value is -1.96. The van der Waals surface area contributed by atoms with Gasteiger partial charge in [-0.3, -0.25) is 9.78 Å². The molecule has 1 amide bonds. The molecular formula is C15H20N6OS. The van der Waals surface area contributed by atoms with E-state index in [1.54, 1.807) is 12.4 Å². The average Bonchev–Trinajstić information content (AvgIpc) is 3.29. The third-order valence-corrected chi connectivity index (χ3v) is 5.13. The Balaban J connectivity index is 1.63. The summed E-state index contributed by atoms with van der Waals surface area (Å²) in [5, 5.41) is 15.3. The second-order valence-corrected chi connectivity index (χ2v) is 7.11. The van der Waals surface area contributed by atoms with E-state index in [9.17, 15) is 4.79 Å². The number of pyridine rings is 1. The number of nitrogens with one attached hydrogen (secondary N) is 1. The van der Waals surface area contributed by atoms with E-state index in [0.29, 0.717) is 12.6 Å². The van der Waals surface area contributed by atoms with Gasteiger partial charge in [0.15, 0.2) is 0 Å². The highest BCUT2D eigenvalue weighted by Gasteiger charge is 2.31. The molecule has 3 rings (SSSR count). The number of tetrazole rings is 1. The van der Waals surface area contributed by atoms with Gasteiger partial charge in [0.2, 0.25) is 11.1 Å². The van der Waals surface area contributed by atoms with Crippen molar-refractivity contribution in [1.29, 1.82) is 0 Å². The van der Waals surface area contributed by atoms with Gasteiger partial charge in [-0.15, -0.1) is 5.10 Å². The van der Waals surface area contributed by atoms with Gasteiger partial charge >= 0.3 is 0 Å². The van der Waals surface area contributed by atoms with Gasteiger partial charge < -0.3 is 5.32 Å². The van der Waals surface area contributed by atoms with E-state index in [1.807, 2.05) is 30.7 Å². The lowest BCUT2D eigenvalue weighted by Crippen LogP contribution is -2.35. The predicted molar refractivity (Wildman–Crippen MR) is 86.7 cm³/mol. The number of carbonyl (C=O) groups excluding carboxylic acids is 1. The van der Waals surface area contributed by atoms with E-state index in [1.165, 1.54) is 11.8 Å². The Morgan fingerprint density at radius 2 is 2.30 bits per heavy atom. The molecule has 0 spiro atoms. The molecule has 2 aromatic heterocycles. The van der Waals surface area contributed by atoms with E-state index in [-0.39, 0.29) is 17.1 Å². The minimum absolute atomic E-state index is 0.000741. The minimum atomic E-state index is -0.227. The Kier molecular flexibility index (Phi) is 4.90. The van der Waals surface area contributed by atoms with E-state index in [2.05, 4.69) is 25.8 Å². The quantitative estimate of drug-likeness (QED) is 0.779. The van der Waals surface area contributed by atoms with Crippen molar-refractivity contribution in [2.24, 2.45) is 5.92 Å². The third-order valence-electron chi connectivity index (χ3n) is 3.64. The highest BCUT2D eigenvalue weighted by atomic mass is 32.2. The van der Waals surface area contributed by atoms with Crippen LogP contribution in [0, 0.1) is 5.92 Å². The van der Waals surface area contributed by atoms with Crippen molar-refractivity contribution < 1.29 is 4.79 Å². The summed E-state index contributed by atoms with van der Waals surface area (Å²) in [5.74, 6) is 0.178. The third kappa shape index (κ3) is 4.07. The maximum atomic E-state index is 12.6. The maximum absolute atomic E-state index is 12.6. The first kappa shape index (κ1) is 15.9. The number of amides is 1. The molecule has 1 aliphatic carbocycles. The molecule has 0 bridgehead atoms. The summed E-state index contributed by atoms with van der Waals surface area (Å²) in [7, 11) is 0. The van der Waals surface area contributed by atoms with Crippen LogP contribution in [0.15, 0.2) is 29.7 Å². The molecule has 23 heavy (non-hydrogen) atoms. The fourth-order valence-electron chi connectivity index (χ4n) is 2.21. The molecular weight excluding hydrogens is 312 g/mol. The standard InChI is InChI=1S/C15H20N6OS/c1-10(2)13(14(22)17-9-11-4-3-7-16-8-11)23-15-18-19-20-21(15)12-5-6-12/h3-4,7-8,10,12-13H,5-6,9H2,1-2H3,(H,17,22)/t13-/m0/s1. The molecule has 0 aliphatic heterocycles. The summed E-state index contributed by atoms with van der Waals surface area (Å²) in [6.07, 6.45) is 5.69. The topological polar surface area (TPSA) is 85.6 Å². The minimum Gasteiger partial charge on any atom is -0.351 e. The summed E-state index contributed by atoms with van der Waals surface area (Å²) >= 11 is 1.44. The monoisotopic (exact) mass is 332 g/mol. The fourth-order valence-corrected chi connectivity index (χ4v) is 3.28. The van der Waals surface area contributed by atoms with Crippen molar-refractivity contribution in [1.82, 2.24) is 30.5 Å². The van der Waals surface area contributed by atoms with Crippen molar-refractivity contribution in [3.8, 4) is 0 Å². The fraction of sp³-hybridized carbons (Fsp3) is 0.533. The van der Waals surface area contributed by atoms with Crippen LogP contribution in [0.5, 0.6) is 0 Å². The normalized spacial score (nSPS) is 15.6. The van der Waals surface area contributed by atoms with Crippen LogP contribution in [0.25, 0.3) is 0 Å². The zero-order chi connectivity index (χ0) is 16.2. The lowest BCUT2D eigenvalue weighted by atomic mass is 10.1. The first-order chi connectivity index (χ1) is 11.1. The zero-order valence-electron chi connectivity index (χ0n) is 13.2. The van der Waals surface area contributed by atoms with Gasteiger partial charge in [0, 0.05) is 18.9 Å². The highest BCUT2D eigenvalue weighted by Crippen LogP contribution is 2.37. The van der Waals surface area contributed by atoms with Crippen LogP contribution in [-0.2, 0) is 11.3 Å².